The van der Waals surface area contributed by atoms with Crippen LogP contribution in [0.5, 0.6) is 5.75 Å². The van der Waals surface area contributed by atoms with Crippen LogP contribution in [0.3, 0.4) is 0 Å². The second-order valence-corrected chi connectivity index (χ2v) is 6.10. The maximum atomic E-state index is 5.67. The first kappa shape index (κ1) is 23.3. The van der Waals surface area contributed by atoms with E-state index in [1.54, 1.807) is 7.05 Å². The highest BCUT2D eigenvalue weighted by molar-refractivity contribution is 14.0. The summed E-state index contributed by atoms with van der Waals surface area (Å²) in [5.41, 5.74) is 1.04. The fourth-order valence-corrected chi connectivity index (χ4v) is 2.69. The zero-order valence-electron chi connectivity index (χ0n) is 16.4. The van der Waals surface area contributed by atoms with Crippen LogP contribution in [0.25, 0.3) is 0 Å². The third kappa shape index (κ3) is 8.19. The number of hydrogen-bond donors (Lipinski definition) is 2. The van der Waals surface area contributed by atoms with Gasteiger partial charge in [0, 0.05) is 25.6 Å². The van der Waals surface area contributed by atoms with E-state index in [4.69, 9.17) is 9.26 Å². The predicted molar refractivity (Wildman–Crippen MR) is 120 cm³/mol. The fourth-order valence-electron chi connectivity index (χ4n) is 2.69. The van der Waals surface area contributed by atoms with Gasteiger partial charge in [-0.15, -0.1) is 24.0 Å². The average molecular weight is 486 g/mol. The average Bonchev–Trinajstić information content (AvgIpc) is 3.14. The zero-order chi connectivity index (χ0) is 18.6. The Morgan fingerprint density at radius 3 is 2.59 bits per heavy atom. The topological polar surface area (TPSA) is 71.7 Å². The van der Waals surface area contributed by atoms with Crippen LogP contribution >= 0.6 is 24.0 Å². The standard InChI is InChI=1S/C20H30N4O2.HI/c1-4-16(5-2)19-14-18(26-24-19)15-23-20(21-3)22-12-9-13-25-17-10-7-6-8-11-17;/h6-8,10-11,14,16H,4-5,9,12-13,15H2,1-3H3,(H2,21,22,23);1H. The van der Waals surface area contributed by atoms with Gasteiger partial charge in [-0.05, 0) is 31.4 Å². The second kappa shape index (κ2) is 13.4. The molecular formula is C20H31IN4O2. The summed E-state index contributed by atoms with van der Waals surface area (Å²) >= 11 is 0. The summed E-state index contributed by atoms with van der Waals surface area (Å²) in [6.07, 6.45) is 3.03. The molecular weight excluding hydrogens is 455 g/mol. The summed E-state index contributed by atoms with van der Waals surface area (Å²) in [7, 11) is 1.76. The van der Waals surface area contributed by atoms with Crippen LogP contribution in [0.1, 0.15) is 50.5 Å². The number of aromatic nitrogens is 1. The van der Waals surface area contributed by atoms with Crippen LogP contribution in [0, 0.1) is 0 Å². The Morgan fingerprint density at radius 1 is 1.19 bits per heavy atom. The van der Waals surface area contributed by atoms with Crippen molar-refractivity contribution >= 4 is 29.9 Å². The van der Waals surface area contributed by atoms with E-state index in [0.717, 1.165) is 49.0 Å². The predicted octanol–water partition coefficient (Wildman–Crippen LogP) is 4.33. The molecule has 2 rings (SSSR count). The minimum absolute atomic E-state index is 0. The van der Waals surface area contributed by atoms with Gasteiger partial charge in [-0.25, -0.2) is 0 Å². The fraction of sp³-hybridized carbons (Fsp3) is 0.500. The van der Waals surface area contributed by atoms with Crippen LogP contribution < -0.4 is 15.4 Å². The van der Waals surface area contributed by atoms with Gasteiger partial charge in [0.25, 0.3) is 0 Å². The SMILES string of the molecule is CCC(CC)c1cc(CNC(=NC)NCCCOc2ccccc2)on1.I. The number of benzene rings is 1. The Balaban J connectivity index is 0.00000364. The number of guanidine groups is 1. The van der Waals surface area contributed by atoms with Gasteiger partial charge < -0.3 is 19.9 Å². The molecule has 0 amide bonds. The van der Waals surface area contributed by atoms with E-state index >= 15 is 0 Å². The molecule has 1 heterocycles. The smallest absolute Gasteiger partial charge is 0.191 e. The first-order valence-electron chi connectivity index (χ1n) is 9.34. The van der Waals surface area contributed by atoms with E-state index in [1.165, 1.54) is 0 Å². The molecule has 0 aliphatic rings. The molecule has 0 aliphatic carbocycles. The summed E-state index contributed by atoms with van der Waals surface area (Å²) in [5, 5.41) is 10.7. The van der Waals surface area contributed by atoms with Gasteiger partial charge >= 0.3 is 0 Å². The van der Waals surface area contributed by atoms with Gasteiger partial charge in [-0.1, -0.05) is 37.2 Å². The third-order valence-corrected chi connectivity index (χ3v) is 4.26. The lowest BCUT2D eigenvalue weighted by atomic mass is 9.99. The maximum Gasteiger partial charge on any atom is 0.191 e. The van der Waals surface area contributed by atoms with Crippen LogP contribution in [0.2, 0.25) is 0 Å². The summed E-state index contributed by atoms with van der Waals surface area (Å²) in [6, 6.07) is 11.9. The highest BCUT2D eigenvalue weighted by Gasteiger charge is 2.13. The summed E-state index contributed by atoms with van der Waals surface area (Å²) in [5.74, 6) is 2.93. The molecule has 2 N–H and O–H groups in total. The van der Waals surface area contributed by atoms with Gasteiger partial charge in [0.15, 0.2) is 11.7 Å². The number of para-hydroxylation sites is 1. The number of halogens is 1. The molecule has 0 atom stereocenters. The minimum atomic E-state index is 0. The molecule has 2 aromatic rings. The largest absolute Gasteiger partial charge is 0.494 e. The van der Waals surface area contributed by atoms with E-state index in [1.807, 2.05) is 36.4 Å². The lowest BCUT2D eigenvalue weighted by molar-refractivity contribution is 0.311. The molecule has 27 heavy (non-hydrogen) atoms. The van der Waals surface area contributed by atoms with Crippen molar-refractivity contribution in [3.8, 4) is 5.75 Å². The highest BCUT2D eigenvalue weighted by Crippen LogP contribution is 2.22. The van der Waals surface area contributed by atoms with Crippen molar-refractivity contribution in [1.82, 2.24) is 15.8 Å². The summed E-state index contributed by atoms with van der Waals surface area (Å²) < 4.78 is 11.1. The van der Waals surface area contributed by atoms with Crippen LogP contribution in [-0.2, 0) is 6.54 Å². The van der Waals surface area contributed by atoms with Crippen molar-refractivity contribution in [1.29, 1.82) is 0 Å². The van der Waals surface area contributed by atoms with Gasteiger partial charge in [0.2, 0.25) is 0 Å². The number of rotatable bonds is 10. The summed E-state index contributed by atoms with van der Waals surface area (Å²) in [4.78, 5) is 4.22. The molecule has 0 unspecified atom stereocenters. The monoisotopic (exact) mass is 486 g/mol. The van der Waals surface area contributed by atoms with Gasteiger partial charge in [-0.3, -0.25) is 4.99 Å². The highest BCUT2D eigenvalue weighted by atomic mass is 127. The maximum absolute atomic E-state index is 5.67. The molecule has 6 nitrogen and oxygen atoms in total. The normalized spacial score (nSPS) is 11.2. The Morgan fingerprint density at radius 2 is 1.93 bits per heavy atom. The molecule has 0 radical (unpaired) electrons. The van der Waals surface area contributed by atoms with E-state index in [-0.39, 0.29) is 24.0 Å². The summed E-state index contributed by atoms with van der Waals surface area (Å²) in [6.45, 7) is 6.35. The lowest BCUT2D eigenvalue weighted by Gasteiger charge is -2.11. The van der Waals surface area contributed by atoms with Crippen molar-refractivity contribution in [2.45, 2.75) is 45.6 Å². The van der Waals surface area contributed by atoms with Crippen molar-refractivity contribution in [3.05, 3.63) is 47.9 Å². The quantitative estimate of drug-likeness (QED) is 0.227. The van der Waals surface area contributed by atoms with Crippen LogP contribution in [0.4, 0.5) is 0 Å². The van der Waals surface area contributed by atoms with Crippen LogP contribution in [0.15, 0.2) is 45.9 Å². The third-order valence-electron chi connectivity index (χ3n) is 4.26. The Hall–Kier alpha value is -1.77. The second-order valence-electron chi connectivity index (χ2n) is 6.10. The van der Waals surface area contributed by atoms with Crippen molar-refractivity contribution in [2.24, 2.45) is 4.99 Å². The number of hydrogen-bond acceptors (Lipinski definition) is 4. The van der Waals surface area contributed by atoms with E-state index in [2.05, 4.69) is 34.6 Å². The molecule has 1 aromatic heterocycles. The Kier molecular flexibility index (Phi) is 11.6. The molecule has 0 aliphatic heterocycles. The molecule has 0 bridgehead atoms. The van der Waals surface area contributed by atoms with Crippen LogP contribution in [-0.4, -0.2) is 31.3 Å². The molecule has 0 saturated heterocycles. The lowest BCUT2D eigenvalue weighted by Crippen LogP contribution is -2.37. The molecule has 0 spiro atoms. The minimum Gasteiger partial charge on any atom is -0.494 e. The van der Waals surface area contributed by atoms with E-state index in [0.29, 0.717) is 19.1 Å². The molecule has 1 aromatic carbocycles. The Labute approximate surface area is 179 Å². The number of ether oxygens (including phenoxy) is 1. The molecule has 7 heteroatoms. The number of aliphatic imine (C=N–C) groups is 1. The van der Waals surface area contributed by atoms with Crippen molar-refractivity contribution in [2.75, 3.05) is 20.2 Å². The van der Waals surface area contributed by atoms with Gasteiger partial charge in [0.05, 0.1) is 18.8 Å². The van der Waals surface area contributed by atoms with Gasteiger partial charge in [-0.2, -0.15) is 0 Å². The molecule has 150 valence electrons. The molecule has 0 saturated carbocycles. The van der Waals surface area contributed by atoms with Crippen molar-refractivity contribution in [3.63, 3.8) is 0 Å². The van der Waals surface area contributed by atoms with Crippen molar-refractivity contribution < 1.29 is 9.26 Å². The first-order valence-corrected chi connectivity index (χ1v) is 9.34. The zero-order valence-corrected chi connectivity index (χ0v) is 18.7. The Bertz CT molecular complexity index is 657. The molecule has 0 fully saturated rings. The van der Waals surface area contributed by atoms with E-state index < -0.39 is 0 Å². The number of nitrogens with zero attached hydrogens (tertiary/aromatic N) is 2. The van der Waals surface area contributed by atoms with Gasteiger partial charge in [0.1, 0.15) is 5.75 Å². The van der Waals surface area contributed by atoms with E-state index in [9.17, 15) is 0 Å². The first-order chi connectivity index (χ1) is 12.8. The number of nitrogens with one attached hydrogen (secondary N) is 2.